The van der Waals surface area contributed by atoms with Crippen molar-refractivity contribution in [3.8, 4) is 22.9 Å². The Labute approximate surface area is 207 Å². The molecule has 3 heterocycles. The van der Waals surface area contributed by atoms with E-state index in [4.69, 9.17) is 10.5 Å². The maximum atomic E-state index is 14.8. The number of halogens is 1. The molecule has 1 aromatic heterocycles. The van der Waals surface area contributed by atoms with Crippen molar-refractivity contribution in [3.63, 3.8) is 0 Å². The molecule has 1 atom stereocenters. The third-order valence-electron chi connectivity index (χ3n) is 6.82. The molecule has 8 nitrogen and oxygen atoms in total. The van der Waals surface area contributed by atoms with E-state index < -0.39 is 29.1 Å². The number of hydrogen-bond donors (Lipinski definition) is 2. The number of carbonyl (C=O) groups excluding carboxylic acids is 3. The van der Waals surface area contributed by atoms with Crippen LogP contribution in [0.25, 0.3) is 11.3 Å². The van der Waals surface area contributed by atoms with Gasteiger partial charge in [-0.25, -0.2) is 14.2 Å². The van der Waals surface area contributed by atoms with Crippen LogP contribution in [0.2, 0.25) is 0 Å². The first kappa shape index (κ1) is 23.5. The third kappa shape index (κ3) is 3.96. The number of urea groups is 1. The summed E-state index contributed by atoms with van der Waals surface area (Å²) in [7, 11) is 0. The summed E-state index contributed by atoms with van der Waals surface area (Å²) in [5.41, 5.74) is 6.95. The fourth-order valence-corrected chi connectivity index (χ4v) is 4.71. The zero-order valence-corrected chi connectivity index (χ0v) is 19.9. The number of pyridine rings is 1. The van der Waals surface area contributed by atoms with Crippen molar-refractivity contribution < 1.29 is 23.5 Å². The van der Waals surface area contributed by atoms with Gasteiger partial charge < -0.3 is 15.4 Å². The number of ether oxygens (including phenoxy) is 1. The Morgan fingerprint density at radius 2 is 1.78 bits per heavy atom. The minimum absolute atomic E-state index is 0.000858. The maximum absolute atomic E-state index is 14.8. The quantitative estimate of drug-likeness (QED) is 0.572. The molecule has 0 spiro atoms. The van der Waals surface area contributed by atoms with Crippen molar-refractivity contribution >= 4 is 17.8 Å². The van der Waals surface area contributed by atoms with Crippen LogP contribution in [0.4, 0.5) is 9.18 Å². The van der Waals surface area contributed by atoms with Crippen molar-refractivity contribution in [1.29, 1.82) is 0 Å². The highest BCUT2D eigenvalue weighted by Gasteiger charge is 2.45. The average Bonchev–Trinajstić information content (AvgIpc) is 2.81. The lowest BCUT2D eigenvalue weighted by atomic mass is 9.69. The number of imide groups is 1. The molecule has 5 rings (SSSR count). The molecule has 0 aliphatic carbocycles. The van der Waals surface area contributed by atoms with E-state index >= 15 is 0 Å². The molecule has 184 valence electrons. The fraction of sp³-hybridized carbons (Fsp3) is 0.259. The number of amides is 4. The number of nitrogens with two attached hydrogens (primary N) is 1. The number of nitrogens with zero attached hydrogens (tertiary/aromatic N) is 2. The van der Waals surface area contributed by atoms with Crippen molar-refractivity contribution in [3.05, 3.63) is 77.1 Å². The Bertz CT molecular complexity index is 1380. The van der Waals surface area contributed by atoms with Gasteiger partial charge >= 0.3 is 6.03 Å². The second kappa shape index (κ2) is 8.75. The Morgan fingerprint density at radius 1 is 1.06 bits per heavy atom. The largest absolute Gasteiger partial charge is 0.435 e. The van der Waals surface area contributed by atoms with Gasteiger partial charge in [0.1, 0.15) is 0 Å². The van der Waals surface area contributed by atoms with Gasteiger partial charge in [0.2, 0.25) is 11.8 Å². The van der Waals surface area contributed by atoms with E-state index in [1.54, 1.807) is 67.3 Å². The monoisotopic (exact) mass is 488 g/mol. The number of hydrogen-bond acceptors (Lipinski definition) is 5. The number of fused-ring (bicyclic) bond motifs is 2. The smallest absolute Gasteiger partial charge is 0.318 e. The zero-order valence-electron chi connectivity index (χ0n) is 19.9. The molecule has 1 saturated heterocycles. The molecule has 0 saturated carbocycles. The number of benzene rings is 2. The van der Waals surface area contributed by atoms with Crippen LogP contribution in [0.15, 0.2) is 54.6 Å². The lowest BCUT2D eigenvalue weighted by molar-refractivity contribution is -0.128. The number of likely N-dealkylation sites (tertiary alicyclic amines) is 1. The molecular formula is C27H25FN4O4. The van der Waals surface area contributed by atoms with E-state index in [1.807, 2.05) is 0 Å². The topological polar surface area (TPSA) is 115 Å². The predicted octanol–water partition coefficient (Wildman–Crippen LogP) is 4.19. The third-order valence-corrected chi connectivity index (χ3v) is 6.82. The highest BCUT2D eigenvalue weighted by atomic mass is 19.1. The van der Waals surface area contributed by atoms with Crippen LogP contribution in [0.5, 0.6) is 11.6 Å². The Morgan fingerprint density at radius 3 is 2.42 bits per heavy atom. The van der Waals surface area contributed by atoms with E-state index in [-0.39, 0.29) is 17.5 Å². The first-order valence-electron chi connectivity index (χ1n) is 11.6. The molecule has 3 aromatic rings. The molecule has 0 unspecified atom stereocenters. The van der Waals surface area contributed by atoms with Gasteiger partial charge in [-0.15, -0.1) is 0 Å². The van der Waals surface area contributed by atoms with E-state index in [1.165, 1.54) is 6.07 Å². The maximum Gasteiger partial charge on any atom is 0.318 e. The normalized spacial score (nSPS) is 16.2. The molecule has 36 heavy (non-hydrogen) atoms. The first-order chi connectivity index (χ1) is 17.2. The number of para-hydroxylation sites is 1. The van der Waals surface area contributed by atoms with Gasteiger partial charge in [0.05, 0.1) is 11.1 Å². The van der Waals surface area contributed by atoms with Crippen LogP contribution in [0, 0.1) is 11.2 Å². The molecule has 2 aromatic carbocycles. The molecule has 3 N–H and O–H groups in total. The highest BCUT2D eigenvalue weighted by Crippen LogP contribution is 2.52. The van der Waals surface area contributed by atoms with Gasteiger partial charge in [-0.05, 0) is 30.7 Å². The lowest BCUT2D eigenvalue weighted by Crippen LogP contribution is -2.46. The fourth-order valence-electron chi connectivity index (χ4n) is 4.71. The van der Waals surface area contributed by atoms with Crippen LogP contribution >= 0.6 is 0 Å². The van der Waals surface area contributed by atoms with E-state index in [2.05, 4.69) is 10.3 Å². The second-order valence-electron chi connectivity index (χ2n) is 9.55. The van der Waals surface area contributed by atoms with Gasteiger partial charge in [-0.3, -0.25) is 14.9 Å². The summed E-state index contributed by atoms with van der Waals surface area (Å²) in [6.07, 6.45) is 1.02. The van der Waals surface area contributed by atoms with E-state index in [0.717, 1.165) is 25.1 Å². The minimum Gasteiger partial charge on any atom is -0.435 e. The molecule has 4 amide bonds. The summed E-state index contributed by atoms with van der Waals surface area (Å²) < 4.78 is 20.7. The Hall–Kier alpha value is -4.27. The molecule has 2 aliphatic heterocycles. The van der Waals surface area contributed by atoms with Crippen LogP contribution in [0.3, 0.4) is 0 Å². The molecule has 0 radical (unpaired) electrons. The summed E-state index contributed by atoms with van der Waals surface area (Å²) in [4.78, 5) is 43.2. The van der Waals surface area contributed by atoms with Gasteiger partial charge in [-0.1, -0.05) is 44.2 Å². The number of primary amides is 1. The second-order valence-corrected chi connectivity index (χ2v) is 9.55. The minimum atomic E-state index is -1.20. The molecule has 9 heteroatoms. The van der Waals surface area contributed by atoms with Crippen molar-refractivity contribution in [2.24, 2.45) is 11.1 Å². The zero-order chi connectivity index (χ0) is 25.6. The molecule has 0 bridgehead atoms. The van der Waals surface area contributed by atoms with Gasteiger partial charge in [0.15, 0.2) is 11.6 Å². The summed E-state index contributed by atoms with van der Waals surface area (Å²) in [5, 5.41) is 2.14. The first-order valence-corrected chi connectivity index (χ1v) is 11.6. The van der Waals surface area contributed by atoms with Gasteiger partial charge in [0, 0.05) is 41.3 Å². The number of nitrogens with one attached hydrogen (secondary N) is 1. The molecule has 1 fully saturated rings. The summed E-state index contributed by atoms with van der Waals surface area (Å²) in [6, 6.07) is 14.2. The highest BCUT2D eigenvalue weighted by molar-refractivity contribution is 5.97. The Balaban J connectivity index is 1.54. The van der Waals surface area contributed by atoms with Gasteiger partial charge in [-0.2, -0.15) is 0 Å². The molecule has 2 aliphatic rings. The SMILES string of the molecule is CC(C)(C(=O)NC(N)=O)[C@@H]1c2ccc(-c3ccc(C(=O)N4CCC4)cc3)nc2Oc2c(F)cccc21. The van der Waals surface area contributed by atoms with E-state index in [9.17, 15) is 18.8 Å². The summed E-state index contributed by atoms with van der Waals surface area (Å²) in [5.74, 6) is -1.71. The predicted molar refractivity (Wildman–Crippen MR) is 130 cm³/mol. The number of carbonyl (C=O) groups is 3. The van der Waals surface area contributed by atoms with Crippen molar-refractivity contribution in [2.75, 3.05) is 13.1 Å². The van der Waals surface area contributed by atoms with Crippen molar-refractivity contribution in [2.45, 2.75) is 26.2 Å². The van der Waals surface area contributed by atoms with Crippen molar-refractivity contribution in [1.82, 2.24) is 15.2 Å². The van der Waals surface area contributed by atoms with Crippen LogP contribution in [-0.4, -0.2) is 40.8 Å². The average molecular weight is 489 g/mol. The number of aromatic nitrogens is 1. The lowest BCUT2D eigenvalue weighted by Gasteiger charge is -2.37. The van der Waals surface area contributed by atoms with Crippen LogP contribution < -0.4 is 15.8 Å². The summed E-state index contributed by atoms with van der Waals surface area (Å²) in [6.45, 7) is 4.86. The van der Waals surface area contributed by atoms with Crippen LogP contribution in [-0.2, 0) is 4.79 Å². The Kier molecular flexibility index (Phi) is 5.70. The van der Waals surface area contributed by atoms with E-state index in [0.29, 0.717) is 22.4 Å². The van der Waals surface area contributed by atoms with Crippen LogP contribution in [0.1, 0.15) is 47.7 Å². The number of rotatable bonds is 4. The standard InChI is InChI=1S/C27H25FN4O4/c1-27(2,25(34)31-26(29)35)21-17-5-3-6-19(28)22(17)36-23-18(21)11-12-20(30-23)15-7-9-16(10-8-15)24(33)32-13-4-14-32/h3,5-12,21H,4,13-14H2,1-2H3,(H3,29,31,34,35)/t21-/m0/s1. The molecular weight excluding hydrogens is 463 g/mol. The summed E-state index contributed by atoms with van der Waals surface area (Å²) >= 11 is 0. The van der Waals surface area contributed by atoms with Gasteiger partial charge in [0.25, 0.3) is 5.91 Å².